The minimum Gasteiger partial charge on any atom is -0.327 e. The average molecular weight is 262 g/mol. The first kappa shape index (κ1) is 11.2. The van der Waals surface area contributed by atoms with E-state index in [9.17, 15) is 4.39 Å². The van der Waals surface area contributed by atoms with E-state index in [2.05, 4.69) is 10.1 Å². The van der Waals surface area contributed by atoms with Crippen LogP contribution in [0.1, 0.15) is 5.69 Å². The zero-order valence-electron chi connectivity index (χ0n) is 9.94. The number of imidazole rings is 1. The molecule has 2 aromatic heterocycles. The number of H-pyrrole nitrogens is 1. The highest BCUT2D eigenvalue weighted by Gasteiger charge is 2.15. The molecule has 1 N–H and O–H groups in total. The van der Waals surface area contributed by atoms with Crippen molar-refractivity contribution in [2.45, 2.75) is 6.92 Å². The molecule has 2 heterocycles. The van der Waals surface area contributed by atoms with Gasteiger partial charge in [-0.05, 0) is 31.3 Å². The largest absolute Gasteiger partial charge is 0.327 e. The van der Waals surface area contributed by atoms with Crippen LogP contribution in [0.3, 0.4) is 0 Å². The lowest BCUT2D eigenvalue weighted by Crippen LogP contribution is -2.02. The second-order valence-electron chi connectivity index (χ2n) is 4.12. The third kappa shape index (κ3) is 1.42. The third-order valence-electron chi connectivity index (χ3n) is 2.93. The van der Waals surface area contributed by atoms with Gasteiger partial charge in [0.2, 0.25) is 0 Å². The molecule has 0 saturated carbocycles. The summed E-state index contributed by atoms with van der Waals surface area (Å²) in [4.78, 5) is 3.07. The zero-order chi connectivity index (χ0) is 12.9. The lowest BCUT2D eigenvalue weighted by molar-refractivity contribution is 0.617. The number of fused-ring (bicyclic) bond motifs is 1. The molecule has 18 heavy (non-hydrogen) atoms. The van der Waals surface area contributed by atoms with Crippen molar-refractivity contribution in [3.8, 4) is 5.69 Å². The molecule has 0 fully saturated rings. The first-order valence-electron chi connectivity index (χ1n) is 5.49. The fraction of sp³-hybridized carbons (Fsp3) is 0.167. The maximum absolute atomic E-state index is 13.9. The number of halogens is 1. The molecular weight excluding hydrogens is 251 g/mol. The summed E-state index contributed by atoms with van der Waals surface area (Å²) in [6.45, 7) is 1.89. The van der Waals surface area contributed by atoms with Crippen LogP contribution in [0.15, 0.2) is 24.3 Å². The van der Waals surface area contributed by atoms with Crippen molar-refractivity contribution in [3.05, 3.63) is 40.5 Å². The molecule has 0 radical (unpaired) electrons. The van der Waals surface area contributed by atoms with Gasteiger partial charge in [-0.15, -0.1) is 0 Å². The zero-order valence-corrected chi connectivity index (χ0v) is 10.8. The van der Waals surface area contributed by atoms with Gasteiger partial charge < -0.3 is 4.98 Å². The van der Waals surface area contributed by atoms with E-state index < -0.39 is 0 Å². The van der Waals surface area contributed by atoms with E-state index >= 15 is 0 Å². The van der Waals surface area contributed by atoms with Gasteiger partial charge in [-0.1, -0.05) is 12.1 Å². The summed E-state index contributed by atoms with van der Waals surface area (Å²) < 4.78 is 17.7. The van der Waals surface area contributed by atoms with Gasteiger partial charge in [0.1, 0.15) is 11.3 Å². The van der Waals surface area contributed by atoms with Crippen molar-refractivity contribution in [1.29, 1.82) is 0 Å². The van der Waals surface area contributed by atoms with Crippen LogP contribution in [0.4, 0.5) is 4.39 Å². The smallest absolute Gasteiger partial charge is 0.184 e. The number of hydrogen-bond donors (Lipinski definition) is 1. The van der Waals surface area contributed by atoms with E-state index in [4.69, 9.17) is 12.2 Å². The quantitative estimate of drug-likeness (QED) is 0.685. The fourth-order valence-electron chi connectivity index (χ4n) is 2.16. The summed E-state index contributed by atoms with van der Waals surface area (Å²) in [6.07, 6.45) is 0. The van der Waals surface area contributed by atoms with E-state index in [-0.39, 0.29) is 5.82 Å². The second kappa shape index (κ2) is 3.78. The molecule has 1 aromatic carbocycles. The van der Waals surface area contributed by atoms with Gasteiger partial charge in [-0.2, -0.15) is 5.10 Å². The Balaban J connectivity index is 2.46. The number of aryl methyl sites for hydroxylation is 2. The van der Waals surface area contributed by atoms with Crippen LogP contribution in [0.5, 0.6) is 0 Å². The highest BCUT2D eigenvalue weighted by molar-refractivity contribution is 7.71. The van der Waals surface area contributed by atoms with Crippen molar-refractivity contribution in [1.82, 2.24) is 19.3 Å². The Morgan fingerprint density at radius 3 is 2.78 bits per heavy atom. The molecule has 0 aliphatic carbocycles. The Labute approximate surface area is 108 Å². The Morgan fingerprint density at radius 1 is 1.33 bits per heavy atom. The third-order valence-corrected chi connectivity index (χ3v) is 3.22. The normalized spacial score (nSPS) is 11.3. The van der Waals surface area contributed by atoms with Gasteiger partial charge >= 0.3 is 0 Å². The number of aromatic nitrogens is 4. The summed E-state index contributed by atoms with van der Waals surface area (Å²) in [6, 6.07) is 6.54. The van der Waals surface area contributed by atoms with E-state index in [1.165, 1.54) is 6.07 Å². The summed E-state index contributed by atoms with van der Waals surface area (Å²) in [5, 5.41) is 4.30. The maximum Gasteiger partial charge on any atom is 0.184 e. The van der Waals surface area contributed by atoms with Crippen LogP contribution in [0.2, 0.25) is 0 Å². The monoisotopic (exact) mass is 262 g/mol. The second-order valence-corrected chi connectivity index (χ2v) is 4.51. The van der Waals surface area contributed by atoms with Gasteiger partial charge in [-0.25, -0.2) is 9.07 Å². The Morgan fingerprint density at radius 2 is 2.06 bits per heavy atom. The molecule has 6 heteroatoms. The van der Waals surface area contributed by atoms with Crippen LogP contribution in [-0.2, 0) is 7.05 Å². The number of rotatable bonds is 1. The number of benzene rings is 1. The molecule has 3 rings (SSSR count). The van der Waals surface area contributed by atoms with Gasteiger partial charge in [0, 0.05) is 7.05 Å². The summed E-state index contributed by atoms with van der Waals surface area (Å²) in [7, 11) is 1.81. The Kier molecular flexibility index (Phi) is 2.34. The highest BCUT2D eigenvalue weighted by Crippen LogP contribution is 2.22. The lowest BCUT2D eigenvalue weighted by Gasteiger charge is -2.05. The van der Waals surface area contributed by atoms with E-state index in [0.717, 1.165) is 16.9 Å². The standard InChI is InChI=1S/C12H11FN4S/c1-7-10-11(16(2)15-7)17(12(18)14-10)9-6-4-3-5-8(9)13/h3-6H,1-2H3,(H,14,18). The molecule has 0 saturated heterocycles. The molecule has 3 aromatic rings. The molecule has 0 bridgehead atoms. The van der Waals surface area contributed by atoms with Crippen molar-refractivity contribution in [2.75, 3.05) is 0 Å². The van der Waals surface area contributed by atoms with Crippen LogP contribution in [0.25, 0.3) is 16.9 Å². The van der Waals surface area contributed by atoms with Crippen LogP contribution >= 0.6 is 12.2 Å². The van der Waals surface area contributed by atoms with Crippen molar-refractivity contribution in [2.24, 2.45) is 7.05 Å². The molecule has 0 aliphatic rings. The molecule has 0 amide bonds. The first-order chi connectivity index (χ1) is 8.59. The molecule has 4 nitrogen and oxygen atoms in total. The molecule has 0 atom stereocenters. The van der Waals surface area contributed by atoms with E-state index in [1.807, 2.05) is 14.0 Å². The molecule has 0 aliphatic heterocycles. The summed E-state index contributed by atoms with van der Waals surface area (Å²) in [5.74, 6) is -0.312. The Bertz CT molecular complexity index is 796. The number of nitrogens with one attached hydrogen (secondary N) is 1. The minimum atomic E-state index is -0.312. The van der Waals surface area contributed by atoms with Crippen molar-refractivity contribution in [3.63, 3.8) is 0 Å². The van der Waals surface area contributed by atoms with Crippen LogP contribution in [-0.4, -0.2) is 19.3 Å². The molecule has 92 valence electrons. The van der Waals surface area contributed by atoms with Crippen molar-refractivity contribution >= 4 is 23.4 Å². The summed E-state index contributed by atoms with van der Waals surface area (Å²) in [5.41, 5.74) is 2.87. The number of para-hydroxylation sites is 1. The van der Waals surface area contributed by atoms with Gasteiger partial charge in [0.05, 0.1) is 11.4 Å². The first-order valence-corrected chi connectivity index (χ1v) is 5.89. The lowest BCUT2D eigenvalue weighted by atomic mass is 10.3. The molecular formula is C12H11FN4S. The van der Waals surface area contributed by atoms with E-state index in [1.54, 1.807) is 27.4 Å². The minimum absolute atomic E-state index is 0.312. The highest BCUT2D eigenvalue weighted by atomic mass is 32.1. The van der Waals surface area contributed by atoms with Crippen LogP contribution < -0.4 is 0 Å². The predicted octanol–water partition coefficient (Wildman–Crippen LogP) is 2.87. The fourth-order valence-corrected chi connectivity index (χ4v) is 2.45. The van der Waals surface area contributed by atoms with Crippen molar-refractivity contribution < 1.29 is 4.39 Å². The average Bonchev–Trinajstić information content (AvgIpc) is 2.79. The van der Waals surface area contributed by atoms with Gasteiger partial charge in [0.15, 0.2) is 10.4 Å². The predicted molar refractivity (Wildman–Crippen MR) is 69.9 cm³/mol. The van der Waals surface area contributed by atoms with Crippen LogP contribution in [0, 0.1) is 17.5 Å². The molecule has 0 spiro atoms. The maximum atomic E-state index is 13.9. The molecule has 0 unspecified atom stereocenters. The number of aromatic amines is 1. The summed E-state index contributed by atoms with van der Waals surface area (Å²) >= 11 is 5.27. The number of nitrogens with zero attached hydrogens (tertiary/aromatic N) is 3. The van der Waals surface area contributed by atoms with Gasteiger partial charge in [-0.3, -0.25) is 4.57 Å². The topological polar surface area (TPSA) is 38.5 Å². The van der Waals surface area contributed by atoms with E-state index in [0.29, 0.717) is 10.5 Å². The number of hydrogen-bond acceptors (Lipinski definition) is 2. The van der Waals surface area contributed by atoms with Gasteiger partial charge in [0.25, 0.3) is 0 Å². The Hall–Kier alpha value is -1.95. The SMILES string of the molecule is Cc1nn(C)c2c1[nH]c(=S)n2-c1ccccc1F.